The molecule has 2 aromatic heterocycles. The number of fused-ring (bicyclic) bond motifs is 1. The van der Waals surface area contributed by atoms with Gasteiger partial charge in [-0.05, 0) is 18.2 Å². The molecule has 0 aliphatic rings. The molecule has 2 N–H and O–H groups in total. The predicted octanol–water partition coefficient (Wildman–Crippen LogP) is 2.08. The molecule has 3 aromatic rings. The molecular weight excluding hydrogens is 370 g/mol. The van der Waals surface area contributed by atoms with E-state index in [1.54, 1.807) is 30.5 Å². The number of nitrogens with one attached hydrogen (secondary N) is 2. The van der Waals surface area contributed by atoms with Crippen molar-refractivity contribution in [2.24, 2.45) is 0 Å². The summed E-state index contributed by atoms with van der Waals surface area (Å²) in [6.07, 6.45) is 1.56. The van der Waals surface area contributed by atoms with Gasteiger partial charge in [0.1, 0.15) is 11.6 Å². The minimum Gasteiger partial charge on any atom is -0.493 e. The zero-order valence-electron chi connectivity index (χ0n) is 14.9. The van der Waals surface area contributed by atoms with Crippen molar-refractivity contribution in [3.8, 4) is 11.5 Å². The van der Waals surface area contributed by atoms with Crippen molar-refractivity contribution < 1.29 is 18.7 Å². The Labute approximate surface area is 159 Å². The average Bonchev–Trinajstić information content (AvgIpc) is 3.19. The van der Waals surface area contributed by atoms with Crippen molar-refractivity contribution in [1.82, 2.24) is 15.3 Å². The third kappa shape index (κ3) is 4.62. The first-order chi connectivity index (χ1) is 13.1. The van der Waals surface area contributed by atoms with Gasteiger partial charge in [0.2, 0.25) is 5.91 Å². The molecule has 9 heteroatoms. The fourth-order valence-electron chi connectivity index (χ4n) is 2.47. The summed E-state index contributed by atoms with van der Waals surface area (Å²) < 4.78 is 15.6. The van der Waals surface area contributed by atoms with Gasteiger partial charge in [0.15, 0.2) is 11.5 Å². The van der Waals surface area contributed by atoms with Crippen molar-refractivity contribution in [1.29, 1.82) is 0 Å². The normalized spacial score (nSPS) is 10.7. The van der Waals surface area contributed by atoms with Gasteiger partial charge in [-0.2, -0.15) is 0 Å². The van der Waals surface area contributed by atoms with E-state index in [1.807, 2.05) is 0 Å². The topological polar surface area (TPSA) is 106 Å². The third-order valence-electron chi connectivity index (χ3n) is 3.77. The van der Waals surface area contributed by atoms with E-state index >= 15 is 0 Å². The van der Waals surface area contributed by atoms with Crippen LogP contribution in [0.25, 0.3) is 10.9 Å². The number of carbonyl (C=O) groups excluding carboxylic acids is 1. The fraction of sp³-hybridized carbons (Fsp3) is 0.278. The molecule has 0 saturated carbocycles. The van der Waals surface area contributed by atoms with E-state index in [4.69, 9.17) is 13.9 Å². The van der Waals surface area contributed by atoms with Crippen LogP contribution in [0.3, 0.4) is 0 Å². The first-order valence-corrected chi connectivity index (χ1v) is 9.28. The Morgan fingerprint density at radius 2 is 2.07 bits per heavy atom. The van der Waals surface area contributed by atoms with Gasteiger partial charge in [-0.15, -0.1) is 11.8 Å². The molecule has 142 valence electrons. The lowest BCUT2D eigenvalue weighted by Gasteiger charge is -2.09. The zero-order chi connectivity index (χ0) is 19.2. The summed E-state index contributed by atoms with van der Waals surface area (Å²) in [6, 6.07) is 6.82. The number of hydrogen-bond donors (Lipinski definition) is 2. The number of rotatable bonds is 8. The number of thioether (sulfide) groups is 1. The summed E-state index contributed by atoms with van der Waals surface area (Å²) in [4.78, 5) is 31.4. The highest BCUT2D eigenvalue weighted by Gasteiger charge is 2.11. The van der Waals surface area contributed by atoms with Gasteiger partial charge in [0, 0.05) is 6.07 Å². The standard InChI is InChI=1S/C18H19N3O5S/c1-24-14-6-12-13(7-15(14)25-2)20-16(21-18(12)23)9-27-10-17(22)19-8-11-4-3-5-26-11/h3-7H,8-10H2,1-2H3,(H,19,22)(H,20,21,23). The van der Waals surface area contributed by atoms with Crippen molar-refractivity contribution in [2.45, 2.75) is 12.3 Å². The Balaban J connectivity index is 1.63. The second kappa shape index (κ2) is 8.63. The summed E-state index contributed by atoms with van der Waals surface area (Å²) in [7, 11) is 3.03. The van der Waals surface area contributed by atoms with Crippen LogP contribution in [-0.4, -0.2) is 35.8 Å². The van der Waals surface area contributed by atoms with Crippen LogP contribution in [0.15, 0.2) is 39.7 Å². The van der Waals surface area contributed by atoms with Gasteiger partial charge in [0.25, 0.3) is 5.56 Å². The number of benzene rings is 1. The number of aromatic amines is 1. The van der Waals surface area contributed by atoms with Crippen molar-refractivity contribution in [2.75, 3.05) is 20.0 Å². The van der Waals surface area contributed by atoms with Crippen molar-refractivity contribution >= 4 is 28.6 Å². The van der Waals surface area contributed by atoms with Crippen LogP contribution in [-0.2, 0) is 17.1 Å². The number of carbonyl (C=O) groups is 1. The maximum atomic E-state index is 12.3. The van der Waals surface area contributed by atoms with Crippen LogP contribution < -0.4 is 20.3 Å². The Morgan fingerprint density at radius 3 is 2.78 bits per heavy atom. The van der Waals surface area contributed by atoms with Gasteiger partial charge >= 0.3 is 0 Å². The van der Waals surface area contributed by atoms with E-state index in [0.717, 1.165) is 0 Å². The van der Waals surface area contributed by atoms with E-state index in [2.05, 4.69) is 15.3 Å². The van der Waals surface area contributed by atoms with E-state index in [9.17, 15) is 9.59 Å². The quantitative estimate of drug-likeness (QED) is 0.607. The monoisotopic (exact) mass is 389 g/mol. The summed E-state index contributed by atoms with van der Waals surface area (Å²) in [5, 5.41) is 3.18. The molecule has 8 nitrogen and oxygen atoms in total. The molecule has 27 heavy (non-hydrogen) atoms. The summed E-state index contributed by atoms with van der Waals surface area (Å²) in [5.74, 6) is 2.67. The van der Waals surface area contributed by atoms with Crippen LogP contribution in [0.5, 0.6) is 11.5 Å². The van der Waals surface area contributed by atoms with Gasteiger partial charge in [-0.3, -0.25) is 9.59 Å². The number of H-pyrrole nitrogens is 1. The van der Waals surface area contributed by atoms with E-state index in [1.165, 1.54) is 26.0 Å². The molecule has 0 unspecified atom stereocenters. The lowest BCUT2D eigenvalue weighted by atomic mass is 10.2. The number of furan rings is 1. The second-order valence-electron chi connectivity index (χ2n) is 5.59. The maximum absolute atomic E-state index is 12.3. The lowest BCUT2D eigenvalue weighted by molar-refractivity contribution is -0.118. The molecule has 0 aliphatic carbocycles. The summed E-state index contributed by atoms with van der Waals surface area (Å²) in [5.41, 5.74) is 0.244. The van der Waals surface area contributed by atoms with Crippen molar-refractivity contribution in [3.63, 3.8) is 0 Å². The molecule has 0 saturated heterocycles. The highest BCUT2D eigenvalue weighted by atomic mass is 32.2. The molecule has 0 radical (unpaired) electrons. The van der Waals surface area contributed by atoms with Gasteiger partial charge in [-0.25, -0.2) is 4.98 Å². The molecule has 2 heterocycles. The molecule has 3 rings (SSSR count). The molecule has 0 bridgehead atoms. The molecule has 0 fully saturated rings. The van der Waals surface area contributed by atoms with Gasteiger partial charge in [-0.1, -0.05) is 0 Å². The smallest absolute Gasteiger partial charge is 0.258 e. The SMILES string of the molecule is COc1cc2nc(CSCC(=O)NCc3ccco3)[nH]c(=O)c2cc1OC. The molecular formula is C18H19N3O5S. The zero-order valence-corrected chi connectivity index (χ0v) is 15.7. The summed E-state index contributed by atoms with van der Waals surface area (Å²) in [6.45, 7) is 0.346. The van der Waals surface area contributed by atoms with Crippen LogP contribution in [0.4, 0.5) is 0 Å². The first-order valence-electron chi connectivity index (χ1n) is 8.12. The summed E-state index contributed by atoms with van der Waals surface area (Å²) >= 11 is 1.36. The van der Waals surface area contributed by atoms with E-state index < -0.39 is 0 Å². The number of aromatic nitrogens is 2. The predicted molar refractivity (Wildman–Crippen MR) is 102 cm³/mol. The minimum atomic E-state index is -0.265. The van der Waals surface area contributed by atoms with E-state index in [0.29, 0.717) is 46.3 Å². The average molecular weight is 389 g/mol. The van der Waals surface area contributed by atoms with Crippen LogP contribution in [0, 0.1) is 0 Å². The fourth-order valence-corrected chi connectivity index (χ4v) is 3.19. The first kappa shape index (κ1) is 18.8. The molecule has 1 aromatic carbocycles. The molecule has 0 spiro atoms. The Hall–Kier alpha value is -2.94. The van der Waals surface area contributed by atoms with Crippen LogP contribution in [0.2, 0.25) is 0 Å². The maximum Gasteiger partial charge on any atom is 0.258 e. The minimum absolute atomic E-state index is 0.119. The third-order valence-corrected chi connectivity index (χ3v) is 4.72. The van der Waals surface area contributed by atoms with Crippen LogP contribution in [0.1, 0.15) is 11.6 Å². The highest BCUT2D eigenvalue weighted by molar-refractivity contribution is 7.99. The largest absolute Gasteiger partial charge is 0.493 e. The van der Waals surface area contributed by atoms with Gasteiger partial charge < -0.3 is 24.2 Å². The molecule has 0 aliphatic heterocycles. The number of hydrogen-bond acceptors (Lipinski definition) is 7. The molecule has 0 atom stereocenters. The lowest BCUT2D eigenvalue weighted by Crippen LogP contribution is -2.24. The number of methoxy groups -OCH3 is 2. The number of ether oxygens (including phenoxy) is 2. The second-order valence-corrected chi connectivity index (χ2v) is 6.57. The highest BCUT2D eigenvalue weighted by Crippen LogP contribution is 2.30. The molecule has 1 amide bonds. The van der Waals surface area contributed by atoms with Crippen molar-refractivity contribution in [3.05, 3.63) is 52.5 Å². The van der Waals surface area contributed by atoms with Crippen LogP contribution >= 0.6 is 11.8 Å². The van der Waals surface area contributed by atoms with Gasteiger partial charge in [0.05, 0.1) is 49.4 Å². The van der Waals surface area contributed by atoms with E-state index in [-0.39, 0.29) is 17.2 Å². The Bertz CT molecular complexity index is 985. The Morgan fingerprint density at radius 1 is 1.30 bits per heavy atom. The number of amides is 1. The number of nitrogens with zero attached hydrogens (tertiary/aromatic N) is 1. The Kier molecular flexibility index (Phi) is 6.02.